The Kier molecular flexibility index (Phi) is 4.67. The van der Waals surface area contributed by atoms with Crippen molar-refractivity contribution in [2.75, 3.05) is 0 Å². The number of aromatic amines is 1. The second-order valence-electron chi connectivity index (χ2n) is 5.27. The maximum absolute atomic E-state index is 12.4. The van der Waals surface area contributed by atoms with Gasteiger partial charge in [0.25, 0.3) is 0 Å². The number of carbonyl (C=O) groups excluding carboxylic acids is 1. The summed E-state index contributed by atoms with van der Waals surface area (Å²) in [5.41, 5.74) is 1.55. The number of thioether (sulfide) groups is 1. The molecule has 1 aromatic heterocycles. The molecule has 21 heavy (non-hydrogen) atoms. The van der Waals surface area contributed by atoms with Gasteiger partial charge in [0.05, 0.1) is 5.25 Å². The lowest BCUT2D eigenvalue weighted by atomic mass is 10.1. The number of Topliss-reactive ketones (excluding diaryl/α,β-unsaturated/α-hetero) is 1. The van der Waals surface area contributed by atoms with E-state index in [4.69, 9.17) is 0 Å². The molecule has 1 unspecified atom stereocenters. The van der Waals surface area contributed by atoms with Crippen LogP contribution in [0.25, 0.3) is 0 Å². The topological polar surface area (TPSA) is 67.8 Å². The zero-order valence-corrected chi connectivity index (χ0v) is 13.4. The third-order valence-electron chi connectivity index (χ3n) is 3.18. The fraction of sp³-hybridized carbons (Fsp3) is 0.400. The van der Waals surface area contributed by atoms with Gasteiger partial charge in [-0.15, -0.1) is 5.10 Å². The van der Waals surface area contributed by atoms with Crippen LogP contribution in [0.3, 0.4) is 0 Å². The molecule has 1 atom stereocenters. The highest BCUT2D eigenvalue weighted by atomic mass is 32.2. The Morgan fingerprint density at radius 3 is 2.43 bits per heavy atom. The van der Waals surface area contributed by atoms with Gasteiger partial charge in [0.1, 0.15) is 0 Å². The first-order valence-electron chi connectivity index (χ1n) is 6.84. The normalized spacial score (nSPS) is 12.6. The van der Waals surface area contributed by atoms with Crippen LogP contribution in [0.15, 0.2) is 34.2 Å². The van der Waals surface area contributed by atoms with E-state index in [1.54, 1.807) is 4.57 Å². The summed E-state index contributed by atoms with van der Waals surface area (Å²) in [7, 11) is 0. The van der Waals surface area contributed by atoms with Crippen LogP contribution in [0, 0.1) is 6.92 Å². The van der Waals surface area contributed by atoms with Crippen LogP contribution in [0.2, 0.25) is 0 Å². The van der Waals surface area contributed by atoms with Gasteiger partial charge in [0, 0.05) is 11.6 Å². The highest BCUT2D eigenvalue weighted by Gasteiger charge is 2.21. The van der Waals surface area contributed by atoms with Crippen LogP contribution in [0.1, 0.15) is 42.7 Å². The molecular formula is C15H19N3O2S. The van der Waals surface area contributed by atoms with Crippen molar-refractivity contribution in [2.24, 2.45) is 0 Å². The van der Waals surface area contributed by atoms with Crippen molar-refractivity contribution < 1.29 is 4.79 Å². The number of ketones is 1. The first-order chi connectivity index (χ1) is 9.90. The summed E-state index contributed by atoms with van der Waals surface area (Å²) in [5.74, 6) is 0.0331. The van der Waals surface area contributed by atoms with Gasteiger partial charge >= 0.3 is 5.69 Å². The van der Waals surface area contributed by atoms with E-state index in [0.717, 1.165) is 5.56 Å². The van der Waals surface area contributed by atoms with Crippen molar-refractivity contribution in [1.82, 2.24) is 14.8 Å². The highest BCUT2D eigenvalue weighted by Crippen LogP contribution is 2.24. The predicted molar refractivity (Wildman–Crippen MR) is 84.1 cm³/mol. The molecule has 0 aliphatic carbocycles. The highest BCUT2D eigenvalue weighted by molar-refractivity contribution is 8.00. The number of carbonyl (C=O) groups is 1. The van der Waals surface area contributed by atoms with Gasteiger partial charge in [-0.2, -0.15) is 0 Å². The average molecular weight is 305 g/mol. The second kappa shape index (κ2) is 6.30. The van der Waals surface area contributed by atoms with Crippen LogP contribution < -0.4 is 5.69 Å². The first-order valence-corrected chi connectivity index (χ1v) is 7.72. The number of aromatic nitrogens is 3. The molecule has 1 N–H and O–H groups in total. The molecule has 2 aromatic rings. The zero-order valence-electron chi connectivity index (χ0n) is 12.6. The molecule has 0 aliphatic heterocycles. The maximum atomic E-state index is 12.4. The molecule has 2 rings (SSSR count). The summed E-state index contributed by atoms with van der Waals surface area (Å²) >= 11 is 1.30. The van der Waals surface area contributed by atoms with Crippen LogP contribution in [0.4, 0.5) is 0 Å². The summed E-state index contributed by atoms with van der Waals surface area (Å²) < 4.78 is 1.56. The molecule has 0 spiro atoms. The van der Waals surface area contributed by atoms with Crippen LogP contribution in [-0.4, -0.2) is 25.8 Å². The Balaban J connectivity index is 2.18. The lowest BCUT2D eigenvalue weighted by Crippen LogP contribution is -2.21. The van der Waals surface area contributed by atoms with Gasteiger partial charge in [0.15, 0.2) is 10.9 Å². The first kappa shape index (κ1) is 15.6. The number of H-pyrrole nitrogens is 1. The van der Waals surface area contributed by atoms with Crippen molar-refractivity contribution in [2.45, 2.75) is 44.1 Å². The molecule has 0 saturated heterocycles. The summed E-state index contributed by atoms with van der Waals surface area (Å²) in [4.78, 5) is 24.1. The Bertz CT molecular complexity index is 686. The van der Waals surface area contributed by atoms with Gasteiger partial charge in [-0.25, -0.2) is 9.89 Å². The number of nitrogens with one attached hydrogen (secondary N) is 1. The van der Waals surface area contributed by atoms with Crippen molar-refractivity contribution in [1.29, 1.82) is 0 Å². The summed E-state index contributed by atoms with van der Waals surface area (Å²) in [5, 5.41) is 6.68. The van der Waals surface area contributed by atoms with E-state index in [1.165, 1.54) is 11.8 Å². The van der Waals surface area contributed by atoms with E-state index in [1.807, 2.05) is 52.0 Å². The second-order valence-corrected chi connectivity index (χ2v) is 6.57. The molecule has 0 fully saturated rings. The van der Waals surface area contributed by atoms with E-state index < -0.39 is 0 Å². The van der Waals surface area contributed by atoms with Crippen molar-refractivity contribution in [3.8, 4) is 0 Å². The number of rotatable bonds is 5. The number of hydrogen-bond acceptors (Lipinski definition) is 4. The summed E-state index contributed by atoms with van der Waals surface area (Å²) in [6.45, 7) is 7.63. The van der Waals surface area contributed by atoms with Crippen molar-refractivity contribution >= 4 is 17.5 Å². The minimum Gasteiger partial charge on any atom is -0.293 e. The Morgan fingerprint density at radius 2 is 1.86 bits per heavy atom. The average Bonchev–Trinajstić information content (AvgIpc) is 2.79. The SMILES string of the molecule is Cc1ccc(C(=O)C(C)Sc2n[nH]c(=O)n2C(C)C)cc1. The molecule has 112 valence electrons. The third-order valence-corrected chi connectivity index (χ3v) is 4.24. The molecular weight excluding hydrogens is 286 g/mol. The lowest BCUT2D eigenvalue weighted by Gasteiger charge is -2.12. The van der Waals surface area contributed by atoms with Crippen LogP contribution >= 0.6 is 11.8 Å². The van der Waals surface area contributed by atoms with E-state index in [-0.39, 0.29) is 22.8 Å². The number of hydrogen-bond donors (Lipinski definition) is 1. The minimum absolute atomic E-state index is 0.000395. The molecule has 0 saturated carbocycles. The molecule has 0 bridgehead atoms. The molecule has 5 nitrogen and oxygen atoms in total. The Labute approximate surface area is 127 Å². The predicted octanol–water partition coefficient (Wildman–Crippen LogP) is 2.82. The Morgan fingerprint density at radius 1 is 1.24 bits per heavy atom. The van der Waals surface area contributed by atoms with E-state index in [9.17, 15) is 9.59 Å². The summed E-state index contributed by atoms with van der Waals surface area (Å²) in [6, 6.07) is 7.50. The zero-order chi connectivity index (χ0) is 15.6. The van der Waals surface area contributed by atoms with Gasteiger partial charge in [-0.3, -0.25) is 9.36 Å². The van der Waals surface area contributed by atoms with Crippen LogP contribution in [-0.2, 0) is 0 Å². The molecule has 1 aromatic carbocycles. The number of benzene rings is 1. The van der Waals surface area contributed by atoms with Gasteiger partial charge < -0.3 is 0 Å². The fourth-order valence-electron chi connectivity index (χ4n) is 1.99. The molecule has 6 heteroatoms. The van der Waals surface area contributed by atoms with E-state index >= 15 is 0 Å². The summed E-state index contributed by atoms with van der Waals surface area (Å²) in [6.07, 6.45) is 0. The minimum atomic E-state index is -0.305. The smallest absolute Gasteiger partial charge is 0.293 e. The number of nitrogens with zero attached hydrogens (tertiary/aromatic N) is 2. The van der Waals surface area contributed by atoms with E-state index in [2.05, 4.69) is 10.2 Å². The van der Waals surface area contributed by atoms with Crippen molar-refractivity contribution in [3.63, 3.8) is 0 Å². The van der Waals surface area contributed by atoms with Gasteiger partial charge in [-0.1, -0.05) is 41.6 Å². The van der Waals surface area contributed by atoms with Gasteiger partial charge in [-0.05, 0) is 27.7 Å². The quantitative estimate of drug-likeness (QED) is 0.681. The molecule has 0 aliphatic rings. The Hall–Kier alpha value is -1.82. The van der Waals surface area contributed by atoms with Crippen molar-refractivity contribution in [3.05, 3.63) is 45.9 Å². The lowest BCUT2D eigenvalue weighted by molar-refractivity contribution is 0.0994. The van der Waals surface area contributed by atoms with E-state index in [0.29, 0.717) is 10.7 Å². The molecule has 1 heterocycles. The third kappa shape index (κ3) is 3.44. The van der Waals surface area contributed by atoms with Gasteiger partial charge in [0.2, 0.25) is 0 Å². The standard InChI is InChI=1S/C15H19N3O2S/c1-9(2)18-14(20)16-17-15(18)21-11(4)13(19)12-7-5-10(3)6-8-12/h5-9,11H,1-4H3,(H,16,20). The largest absolute Gasteiger partial charge is 0.344 e. The maximum Gasteiger partial charge on any atom is 0.344 e. The fourth-order valence-corrected chi connectivity index (χ4v) is 3.06. The molecule has 0 amide bonds. The van der Waals surface area contributed by atoms with Crippen LogP contribution in [0.5, 0.6) is 0 Å². The molecule has 0 radical (unpaired) electrons. The monoisotopic (exact) mass is 305 g/mol. The number of aryl methyl sites for hydroxylation is 1.